The summed E-state index contributed by atoms with van der Waals surface area (Å²) in [5.74, 6) is 0.256. The van der Waals surface area contributed by atoms with E-state index >= 15 is 0 Å². The predicted molar refractivity (Wildman–Crippen MR) is 42.0 cm³/mol. The Bertz CT molecular complexity index is 290. The molecule has 1 aromatic rings. The summed E-state index contributed by atoms with van der Waals surface area (Å²) >= 11 is 7.11. The summed E-state index contributed by atoms with van der Waals surface area (Å²) in [5, 5.41) is 0. The van der Waals surface area contributed by atoms with Crippen LogP contribution in [0.4, 0.5) is 0 Å². The van der Waals surface area contributed by atoms with Crippen LogP contribution in [0.2, 0.25) is 4.34 Å². The van der Waals surface area contributed by atoms with Gasteiger partial charge in [-0.05, 0) is 18.1 Å². The average molecular weight is 173 g/mol. The van der Waals surface area contributed by atoms with Gasteiger partial charge in [-0.25, -0.2) is 0 Å². The molecule has 0 aliphatic heterocycles. The fourth-order valence-electron chi connectivity index (χ4n) is 1.18. The van der Waals surface area contributed by atoms with Crippen LogP contribution in [0.1, 0.15) is 21.7 Å². The lowest BCUT2D eigenvalue weighted by atomic mass is 10.3. The highest BCUT2D eigenvalue weighted by Gasteiger charge is 2.21. The van der Waals surface area contributed by atoms with Crippen LogP contribution in [0.25, 0.3) is 0 Å². The lowest BCUT2D eigenvalue weighted by Crippen LogP contribution is -1.85. The van der Waals surface area contributed by atoms with E-state index in [4.69, 9.17) is 11.6 Å². The molecule has 0 atom stereocenters. The molecule has 1 aliphatic carbocycles. The zero-order valence-corrected chi connectivity index (χ0v) is 6.76. The number of carbonyl (C=O) groups excluding carboxylic acids is 1. The Morgan fingerprint density at radius 1 is 1.50 bits per heavy atom. The topological polar surface area (TPSA) is 17.1 Å². The van der Waals surface area contributed by atoms with Crippen molar-refractivity contribution < 1.29 is 4.79 Å². The summed E-state index contributed by atoms with van der Waals surface area (Å²) < 4.78 is 0.734. The van der Waals surface area contributed by atoms with E-state index in [1.54, 1.807) is 0 Å². The van der Waals surface area contributed by atoms with Crippen molar-refractivity contribution in [2.45, 2.75) is 12.8 Å². The molecule has 1 aromatic heterocycles. The number of ketones is 1. The van der Waals surface area contributed by atoms with E-state index in [1.165, 1.54) is 11.3 Å². The Kier molecular flexibility index (Phi) is 1.32. The van der Waals surface area contributed by atoms with Gasteiger partial charge in [0.2, 0.25) is 0 Å². The number of halogens is 1. The monoisotopic (exact) mass is 172 g/mol. The van der Waals surface area contributed by atoms with E-state index in [0.717, 1.165) is 21.2 Å². The molecule has 10 heavy (non-hydrogen) atoms. The number of carbonyl (C=O) groups is 1. The van der Waals surface area contributed by atoms with Crippen molar-refractivity contribution in [2.24, 2.45) is 0 Å². The lowest BCUT2D eigenvalue weighted by molar-refractivity contribution is 0.0998. The highest BCUT2D eigenvalue weighted by Crippen LogP contribution is 2.33. The molecular weight excluding hydrogens is 168 g/mol. The van der Waals surface area contributed by atoms with Crippen molar-refractivity contribution in [3.05, 3.63) is 20.8 Å². The number of aryl methyl sites for hydroxylation is 1. The summed E-state index contributed by atoms with van der Waals surface area (Å²) in [6, 6.07) is 1.90. The molecule has 0 radical (unpaired) electrons. The molecule has 3 heteroatoms. The van der Waals surface area contributed by atoms with Crippen LogP contribution >= 0.6 is 22.9 Å². The van der Waals surface area contributed by atoms with Crippen LogP contribution in [0.5, 0.6) is 0 Å². The van der Waals surface area contributed by atoms with Gasteiger partial charge in [0.1, 0.15) is 0 Å². The number of rotatable bonds is 0. The highest BCUT2D eigenvalue weighted by molar-refractivity contribution is 7.18. The van der Waals surface area contributed by atoms with Crippen molar-refractivity contribution in [3.63, 3.8) is 0 Å². The first kappa shape index (κ1) is 6.38. The lowest BCUT2D eigenvalue weighted by Gasteiger charge is -1.80. The minimum Gasteiger partial charge on any atom is -0.293 e. The van der Waals surface area contributed by atoms with E-state index in [9.17, 15) is 4.79 Å². The largest absolute Gasteiger partial charge is 0.293 e. The van der Waals surface area contributed by atoms with Gasteiger partial charge < -0.3 is 0 Å². The molecule has 0 saturated heterocycles. The van der Waals surface area contributed by atoms with Gasteiger partial charge in [0.15, 0.2) is 5.78 Å². The normalized spacial score (nSPS) is 15.9. The average Bonchev–Trinajstić information content (AvgIpc) is 2.35. The molecule has 0 spiro atoms. The summed E-state index contributed by atoms with van der Waals surface area (Å²) in [5.41, 5.74) is 1.14. The molecule has 0 amide bonds. The third kappa shape index (κ3) is 0.796. The zero-order chi connectivity index (χ0) is 7.14. The van der Waals surface area contributed by atoms with Crippen LogP contribution in [-0.4, -0.2) is 5.78 Å². The molecule has 2 rings (SSSR count). The molecule has 1 nitrogen and oxygen atoms in total. The number of fused-ring (bicyclic) bond motifs is 1. The third-order valence-corrected chi connectivity index (χ3v) is 3.00. The minimum atomic E-state index is 0.256. The van der Waals surface area contributed by atoms with Crippen molar-refractivity contribution >= 4 is 28.7 Å². The smallest absolute Gasteiger partial charge is 0.173 e. The Morgan fingerprint density at radius 3 is 3.00 bits per heavy atom. The number of hydrogen-bond donors (Lipinski definition) is 0. The van der Waals surface area contributed by atoms with Gasteiger partial charge in [-0.15, -0.1) is 11.3 Å². The zero-order valence-electron chi connectivity index (χ0n) is 5.19. The molecule has 1 aliphatic rings. The Labute approximate surface area is 67.6 Å². The molecule has 52 valence electrons. The van der Waals surface area contributed by atoms with Gasteiger partial charge in [0.25, 0.3) is 0 Å². The fourth-order valence-corrected chi connectivity index (χ4v) is 2.45. The molecule has 0 saturated carbocycles. The van der Waals surface area contributed by atoms with E-state index in [2.05, 4.69) is 0 Å². The van der Waals surface area contributed by atoms with Crippen LogP contribution < -0.4 is 0 Å². The first-order chi connectivity index (χ1) is 4.77. The molecule has 0 unspecified atom stereocenters. The van der Waals surface area contributed by atoms with E-state index in [-0.39, 0.29) is 5.78 Å². The van der Waals surface area contributed by atoms with E-state index < -0.39 is 0 Å². The van der Waals surface area contributed by atoms with Crippen LogP contribution in [0.15, 0.2) is 6.07 Å². The fraction of sp³-hybridized carbons (Fsp3) is 0.286. The molecular formula is C7H5ClOS. The molecule has 0 bridgehead atoms. The maximum absolute atomic E-state index is 11.0. The van der Waals surface area contributed by atoms with Gasteiger partial charge in [-0.2, -0.15) is 0 Å². The highest BCUT2D eigenvalue weighted by atomic mass is 35.5. The van der Waals surface area contributed by atoms with Gasteiger partial charge >= 0.3 is 0 Å². The summed E-state index contributed by atoms with van der Waals surface area (Å²) in [4.78, 5) is 11.9. The van der Waals surface area contributed by atoms with Crippen LogP contribution in [0.3, 0.4) is 0 Å². The Morgan fingerprint density at radius 2 is 2.30 bits per heavy atom. The quantitative estimate of drug-likeness (QED) is 0.588. The summed E-state index contributed by atoms with van der Waals surface area (Å²) in [7, 11) is 0. The molecule has 1 heterocycles. The predicted octanol–water partition coefficient (Wildman–Crippen LogP) is 2.53. The SMILES string of the molecule is O=C1CCc2cc(Cl)sc21. The standard InChI is InChI=1S/C7H5ClOS/c8-6-3-4-1-2-5(9)7(4)10-6/h3H,1-2H2. The maximum Gasteiger partial charge on any atom is 0.173 e. The third-order valence-electron chi connectivity index (χ3n) is 1.65. The van der Waals surface area contributed by atoms with Crippen molar-refractivity contribution in [3.8, 4) is 0 Å². The summed E-state index contributed by atoms with van der Waals surface area (Å²) in [6.45, 7) is 0. The second-order valence-electron chi connectivity index (χ2n) is 2.33. The van der Waals surface area contributed by atoms with Gasteiger partial charge in [0.05, 0.1) is 9.21 Å². The Hall–Kier alpha value is -0.340. The second-order valence-corrected chi connectivity index (χ2v) is 4.01. The second kappa shape index (κ2) is 2.07. The molecule has 0 aromatic carbocycles. The molecule has 0 fully saturated rings. The van der Waals surface area contributed by atoms with Crippen molar-refractivity contribution in [2.75, 3.05) is 0 Å². The number of thiophene rings is 1. The van der Waals surface area contributed by atoms with E-state index in [0.29, 0.717) is 6.42 Å². The van der Waals surface area contributed by atoms with Gasteiger partial charge in [-0.1, -0.05) is 11.6 Å². The van der Waals surface area contributed by atoms with Crippen molar-refractivity contribution in [1.29, 1.82) is 0 Å². The maximum atomic E-state index is 11.0. The molecule has 0 N–H and O–H groups in total. The number of Topliss-reactive ketones (excluding diaryl/α,β-unsaturated/α-hetero) is 1. The van der Waals surface area contributed by atoms with Crippen molar-refractivity contribution in [1.82, 2.24) is 0 Å². The Balaban J connectivity index is 2.59. The first-order valence-corrected chi connectivity index (χ1v) is 4.28. The van der Waals surface area contributed by atoms with Gasteiger partial charge in [0, 0.05) is 6.42 Å². The van der Waals surface area contributed by atoms with Crippen LogP contribution in [0, 0.1) is 0 Å². The minimum absolute atomic E-state index is 0.256. The van der Waals surface area contributed by atoms with E-state index in [1.807, 2.05) is 6.07 Å². The van der Waals surface area contributed by atoms with Gasteiger partial charge in [-0.3, -0.25) is 4.79 Å². The first-order valence-electron chi connectivity index (χ1n) is 3.09. The van der Waals surface area contributed by atoms with Crippen LogP contribution in [-0.2, 0) is 6.42 Å². The number of hydrogen-bond acceptors (Lipinski definition) is 2. The summed E-state index contributed by atoms with van der Waals surface area (Å²) in [6.07, 6.45) is 1.57.